The lowest BCUT2D eigenvalue weighted by Gasteiger charge is -2.34. The molecule has 3 aromatic rings. The minimum atomic E-state index is -3.89. The number of aryl methyl sites for hydroxylation is 2. The second-order valence-corrected chi connectivity index (χ2v) is 12.2. The second-order valence-electron chi connectivity index (χ2n) is 10.3. The van der Waals surface area contributed by atoms with E-state index in [0.717, 1.165) is 32.8 Å². The van der Waals surface area contributed by atoms with Gasteiger partial charge in [-0.1, -0.05) is 66.2 Å². The van der Waals surface area contributed by atoms with E-state index >= 15 is 0 Å². The Balaban J connectivity index is 2.10. The number of anilines is 1. The number of hydrogen-bond acceptors (Lipinski definition) is 5. The van der Waals surface area contributed by atoms with Crippen molar-refractivity contribution in [2.45, 2.75) is 52.7 Å². The van der Waals surface area contributed by atoms with Gasteiger partial charge in [0.15, 0.2) is 0 Å². The lowest BCUT2D eigenvalue weighted by atomic mass is 10.0. The molecule has 0 fully saturated rings. The fraction of sp³-hybridized carbons (Fsp3) is 0.355. The van der Waals surface area contributed by atoms with Crippen molar-refractivity contribution in [1.29, 1.82) is 0 Å². The molecule has 0 radical (unpaired) electrons. The van der Waals surface area contributed by atoms with Crippen LogP contribution in [0.25, 0.3) is 0 Å². The van der Waals surface area contributed by atoms with Gasteiger partial charge in [0.25, 0.3) is 0 Å². The van der Waals surface area contributed by atoms with Gasteiger partial charge in [-0.15, -0.1) is 0 Å². The van der Waals surface area contributed by atoms with Gasteiger partial charge in [-0.05, 0) is 56.5 Å². The van der Waals surface area contributed by atoms with Crippen molar-refractivity contribution >= 4 is 27.5 Å². The summed E-state index contributed by atoms with van der Waals surface area (Å²) in [4.78, 5) is 29.3. The lowest BCUT2D eigenvalue weighted by molar-refractivity contribution is -0.140. The molecule has 0 aliphatic heterocycles. The number of nitrogens with one attached hydrogen (secondary N) is 1. The van der Waals surface area contributed by atoms with E-state index < -0.39 is 28.5 Å². The Morgan fingerprint density at radius 1 is 0.900 bits per heavy atom. The van der Waals surface area contributed by atoms with Gasteiger partial charge in [-0.25, -0.2) is 8.42 Å². The summed E-state index contributed by atoms with van der Waals surface area (Å²) in [5.74, 6) is -0.485. The maximum absolute atomic E-state index is 14.2. The number of hydrogen-bond donors (Lipinski definition) is 1. The molecule has 0 heterocycles. The van der Waals surface area contributed by atoms with Crippen LogP contribution in [0.1, 0.15) is 36.1 Å². The van der Waals surface area contributed by atoms with E-state index in [1.54, 1.807) is 18.2 Å². The summed E-state index contributed by atoms with van der Waals surface area (Å²) in [6, 6.07) is 21.3. The van der Waals surface area contributed by atoms with Crippen LogP contribution in [0.4, 0.5) is 5.69 Å². The molecule has 3 rings (SSSR count). The maximum atomic E-state index is 14.2. The molecule has 8 nitrogen and oxygen atoms in total. The fourth-order valence-corrected chi connectivity index (χ4v) is 5.38. The molecule has 1 unspecified atom stereocenters. The summed E-state index contributed by atoms with van der Waals surface area (Å²) in [5.41, 5.74) is 3.81. The third-order valence-electron chi connectivity index (χ3n) is 6.42. The molecule has 0 saturated carbocycles. The van der Waals surface area contributed by atoms with Crippen molar-refractivity contribution in [3.05, 3.63) is 95.1 Å². The summed E-state index contributed by atoms with van der Waals surface area (Å²) in [5, 5.41) is 2.95. The molecular formula is C31H39N3O5S. The zero-order valence-corrected chi connectivity index (χ0v) is 24.9. The van der Waals surface area contributed by atoms with E-state index in [4.69, 9.17) is 4.74 Å². The first kappa shape index (κ1) is 30.7. The van der Waals surface area contributed by atoms with E-state index in [2.05, 4.69) is 5.32 Å². The Hall–Kier alpha value is -3.85. The SMILES string of the molecule is COc1ccc(C)cc1N(CC(=O)N(Cc1cccc(C)c1)C(Cc1ccccc1)C(=O)NC(C)C)S(C)(=O)=O. The topological polar surface area (TPSA) is 96.0 Å². The number of carbonyl (C=O) groups is 2. The summed E-state index contributed by atoms with van der Waals surface area (Å²) >= 11 is 0. The van der Waals surface area contributed by atoms with Crippen molar-refractivity contribution in [3.63, 3.8) is 0 Å². The first-order chi connectivity index (χ1) is 18.9. The molecule has 40 heavy (non-hydrogen) atoms. The minimum absolute atomic E-state index is 0.131. The van der Waals surface area contributed by atoms with Crippen LogP contribution in [0.5, 0.6) is 5.75 Å². The van der Waals surface area contributed by atoms with Gasteiger partial charge in [0, 0.05) is 19.0 Å². The van der Waals surface area contributed by atoms with Crippen LogP contribution in [0, 0.1) is 13.8 Å². The van der Waals surface area contributed by atoms with Crippen molar-refractivity contribution in [2.75, 3.05) is 24.2 Å². The molecule has 0 spiro atoms. The molecule has 0 bridgehead atoms. The summed E-state index contributed by atoms with van der Waals surface area (Å²) in [6.45, 7) is 7.15. The van der Waals surface area contributed by atoms with Crippen molar-refractivity contribution in [2.24, 2.45) is 0 Å². The van der Waals surface area contributed by atoms with Crippen LogP contribution in [-0.4, -0.2) is 57.1 Å². The molecule has 2 amide bonds. The molecule has 3 aromatic carbocycles. The van der Waals surface area contributed by atoms with E-state index in [9.17, 15) is 18.0 Å². The standard InChI is InChI=1S/C31H39N3O5S/c1-22(2)32-31(36)28(19-25-12-8-7-9-13-25)33(20-26-14-10-11-23(3)17-26)30(35)21-34(40(6,37)38)27-18-24(4)15-16-29(27)39-5/h7-18,22,28H,19-21H2,1-6H3,(H,32,36). The second kappa shape index (κ2) is 13.5. The number of amides is 2. The molecule has 0 aromatic heterocycles. The van der Waals surface area contributed by atoms with E-state index in [1.807, 2.05) is 82.3 Å². The van der Waals surface area contributed by atoms with Crippen LogP contribution in [0.15, 0.2) is 72.8 Å². The Morgan fingerprint density at radius 3 is 2.15 bits per heavy atom. The van der Waals surface area contributed by atoms with E-state index in [0.29, 0.717) is 5.75 Å². The predicted octanol–water partition coefficient (Wildman–Crippen LogP) is 4.24. The monoisotopic (exact) mass is 565 g/mol. The van der Waals surface area contributed by atoms with Crippen molar-refractivity contribution < 1.29 is 22.7 Å². The first-order valence-corrected chi connectivity index (χ1v) is 15.1. The highest BCUT2D eigenvalue weighted by molar-refractivity contribution is 7.92. The molecule has 1 atom stereocenters. The molecule has 214 valence electrons. The van der Waals surface area contributed by atoms with Gasteiger partial charge in [0.1, 0.15) is 18.3 Å². The summed E-state index contributed by atoms with van der Waals surface area (Å²) in [7, 11) is -2.44. The maximum Gasteiger partial charge on any atom is 0.244 e. The Morgan fingerprint density at radius 2 is 1.55 bits per heavy atom. The zero-order chi connectivity index (χ0) is 29.4. The van der Waals surface area contributed by atoms with Gasteiger partial charge in [0.05, 0.1) is 19.1 Å². The van der Waals surface area contributed by atoms with Crippen LogP contribution >= 0.6 is 0 Å². The van der Waals surface area contributed by atoms with Crippen LogP contribution in [0.3, 0.4) is 0 Å². The number of ether oxygens (including phenoxy) is 1. The number of sulfonamides is 1. The number of methoxy groups -OCH3 is 1. The van der Waals surface area contributed by atoms with Gasteiger partial charge >= 0.3 is 0 Å². The third kappa shape index (κ3) is 8.32. The number of nitrogens with zero attached hydrogens (tertiary/aromatic N) is 2. The average Bonchev–Trinajstić information content (AvgIpc) is 2.88. The van der Waals surface area contributed by atoms with Crippen molar-refractivity contribution in [3.8, 4) is 5.75 Å². The molecular weight excluding hydrogens is 526 g/mol. The molecule has 0 saturated heterocycles. The molecule has 1 N–H and O–H groups in total. The van der Waals surface area contributed by atoms with E-state index in [-0.39, 0.29) is 30.6 Å². The number of rotatable bonds is 12. The summed E-state index contributed by atoms with van der Waals surface area (Å²) < 4.78 is 32.6. The minimum Gasteiger partial charge on any atom is -0.495 e. The van der Waals surface area contributed by atoms with Gasteiger partial charge in [-0.2, -0.15) is 0 Å². The quantitative estimate of drug-likeness (QED) is 0.354. The Kier molecular flexibility index (Phi) is 10.3. The highest BCUT2D eigenvalue weighted by Gasteiger charge is 2.34. The zero-order valence-electron chi connectivity index (χ0n) is 24.0. The highest BCUT2D eigenvalue weighted by atomic mass is 32.2. The van der Waals surface area contributed by atoms with Gasteiger partial charge < -0.3 is 15.0 Å². The van der Waals surface area contributed by atoms with Crippen LogP contribution < -0.4 is 14.4 Å². The van der Waals surface area contributed by atoms with Gasteiger partial charge in [-0.3, -0.25) is 13.9 Å². The smallest absolute Gasteiger partial charge is 0.244 e. The average molecular weight is 566 g/mol. The molecule has 0 aliphatic rings. The van der Waals surface area contributed by atoms with Crippen molar-refractivity contribution in [1.82, 2.24) is 10.2 Å². The third-order valence-corrected chi connectivity index (χ3v) is 7.55. The predicted molar refractivity (Wildman–Crippen MR) is 159 cm³/mol. The van der Waals surface area contributed by atoms with Gasteiger partial charge in [0.2, 0.25) is 21.8 Å². The van der Waals surface area contributed by atoms with Crippen LogP contribution in [-0.2, 0) is 32.6 Å². The first-order valence-electron chi connectivity index (χ1n) is 13.2. The summed E-state index contributed by atoms with van der Waals surface area (Å²) in [6.07, 6.45) is 1.32. The fourth-order valence-electron chi connectivity index (χ4n) is 4.53. The molecule has 9 heteroatoms. The van der Waals surface area contributed by atoms with E-state index in [1.165, 1.54) is 12.0 Å². The Bertz CT molecular complexity index is 1420. The Labute approximate surface area is 238 Å². The molecule has 0 aliphatic carbocycles. The number of benzene rings is 3. The number of carbonyl (C=O) groups excluding carboxylic acids is 2. The lowest BCUT2D eigenvalue weighted by Crippen LogP contribution is -2.54. The highest BCUT2D eigenvalue weighted by Crippen LogP contribution is 2.31. The normalized spacial score (nSPS) is 12.1. The van der Waals surface area contributed by atoms with Crippen LogP contribution in [0.2, 0.25) is 0 Å². The largest absolute Gasteiger partial charge is 0.495 e.